The highest BCUT2D eigenvalue weighted by atomic mass is 32.2. The highest BCUT2D eigenvalue weighted by Crippen LogP contribution is 2.32. The Morgan fingerprint density at radius 2 is 2.00 bits per heavy atom. The molecule has 0 radical (unpaired) electrons. The zero-order valence-electron chi connectivity index (χ0n) is 16.6. The molecule has 0 bridgehead atoms. The van der Waals surface area contributed by atoms with Gasteiger partial charge in [-0.3, -0.25) is 19.3 Å². The molecule has 6 nitrogen and oxygen atoms in total. The summed E-state index contributed by atoms with van der Waals surface area (Å²) in [5, 5.41) is 2.20. The van der Waals surface area contributed by atoms with Crippen molar-refractivity contribution in [2.24, 2.45) is 0 Å². The maximum Gasteiger partial charge on any atom is 0.293 e. The van der Waals surface area contributed by atoms with Crippen molar-refractivity contribution >= 4 is 34.9 Å². The molecule has 1 saturated heterocycles. The van der Waals surface area contributed by atoms with E-state index < -0.39 is 23.1 Å². The van der Waals surface area contributed by atoms with Crippen LogP contribution in [0.1, 0.15) is 18.1 Å². The minimum Gasteiger partial charge on any atom is -0.481 e. The van der Waals surface area contributed by atoms with E-state index in [1.807, 2.05) is 25.1 Å². The van der Waals surface area contributed by atoms with Crippen LogP contribution in [0, 0.1) is 12.7 Å². The van der Waals surface area contributed by atoms with E-state index in [0.29, 0.717) is 5.75 Å². The van der Waals surface area contributed by atoms with Crippen molar-refractivity contribution < 1.29 is 23.5 Å². The Bertz CT molecular complexity index is 1010. The molecule has 30 heavy (non-hydrogen) atoms. The standard InChI is InChI=1S/C22H21FN2O4S/c1-14-6-5-8-17(12-14)29-15(2)20(26)24-10-11-25-21(27)19(30-22(25)28)13-16-7-3-4-9-18(16)23/h3-9,12-13,15H,10-11H2,1-2H3,(H,24,26)/b19-13-/t15-/m0/s1. The van der Waals surface area contributed by atoms with Gasteiger partial charge in [-0.15, -0.1) is 0 Å². The predicted molar refractivity (Wildman–Crippen MR) is 113 cm³/mol. The molecular formula is C22H21FN2O4S. The molecule has 1 fully saturated rings. The smallest absolute Gasteiger partial charge is 0.293 e. The summed E-state index contributed by atoms with van der Waals surface area (Å²) in [4.78, 5) is 38.0. The van der Waals surface area contributed by atoms with Crippen LogP contribution in [0.4, 0.5) is 9.18 Å². The number of ether oxygens (including phenoxy) is 1. The quantitative estimate of drug-likeness (QED) is 0.680. The second-order valence-electron chi connectivity index (χ2n) is 6.72. The van der Waals surface area contributed by atoms with Gasteiger partial charge in [0.1, 0.15) is 11.6 Å². The van der Waals surface area contributed by atoms with E-state index >= 15 is 0 Å². The maximum absolute atomic E-state index is 13.8. The van der Waals surface area contributed by atoms with Crippen LogP contribution in [0.15, 0.2) is 53.4 Å². The van der Waals surface area contributed by atoms with Gasteiger partial charge in [-0.05, 0) is 55.4 Å². The van der Waals surface area contributed by atoms with Gasteiger partial charge in [0.25, 0.3) is 17.1 Å². The molecule has 0 saturated carbocycles. The van der Waals surface area contributed by atoms with Crippen LogP contribution in [0.5, 0.6) is 5.75 Å². The molecular weight excluding hydrogens is 407 g/mol. The Kier molecular flexibility index (Phi) is 6.89. The fourth-order valence-corrected chi connectivity index (χ4v) is 3.66. The van der Waals surface area contributed by atoms with Crippen molar-refractivity contribution in [3.8, 4) is 5.75 Å². The molecule has 0 aliphatic carbocycles. The molecule has 2 aromatic rings. The Morgan fingerprint density at radius 3 is 2.73 bits per heavy atom. The van der Waals surface area contributed by atoms with Gasteiger partial charge in [0.2, 0.25) is 0 Å². The first-order valence-electron chi connectivity index (χ1n) is 9.36. The van der Waals surface area contributed by atoms with Crippen LogP contribution in [0.3, 0.4) is 0 Å². The monoisotopic (exact) mass is 428 g/mol. The number of halogens is 1. The third kappa shape index (κ3) is 5.27. The molecule has 1 aliphatic heterocycles. The third-order valence-electron chi connectivity index (χ3n) is 4.37. The predicted octanol–water partition coefficient (Wildman–Crippen LogP) is 3.75. The molecule has 156 valence electrons. The second-order valence-corrected chi connectivity index (χ2v) is 7.72. The van der Waals surface area contributed by atoms with E-state index in [1.165, 1.54) is 18.2 Å². The lowest BCUT2D eigenvalue weighted by atomic mass is 10.2. The first-order chi connectivity index (χ1) is 14.3. The number of aryl methyl sites for hydroxylation is 1. The molecule has 1 atom stereocenters. The number of nitrogens with one attached hydrogen (secondary N) is 1. The summed E-state index contributed by atoms with van der Waals surface area (Å²) in [5.74, 6) is -0.752. The molecule has 8 heteroatoms. The normalized spacial score (nSPS) is 16.1. The molecule has 3 amide bonds. The highest BCUT2D eigenvalue weighted by molar-refractivity contribution is 8.18. The summed E-state index contributed by atoms with van der Waals surface area (Å²) in [6.07, 6.45) is 0.624. The van der Waals surface area contributed by atoms with Crippen molar-refractivity contribution in [3.05, 3.63) is 70.4 Å². The zero-order valence-corrected chi connectivity index (χ0v) is 17.4. The number of hydrogen-bond acceptors (Lipinski definition) is 5. The van der Waals surface area contributed by atoms with Crippen molar-refractivity contribution in [1.29, 1.82) is 0 Å². The van der Waals surface area contributed by atoms with Crippen molar-refractivity contribution in [2.45, 2.75) is 20.0 Å². The van der Waals surface area contributed by atoms with Crippen molar-refractivity contribution in [1.82, 2.24) is 10.2 Å². The lowest BCUT2D eigenvalue weighted by Crippen LogP contribution is -2.41. The van der Waals surface area contributed by atoms with E-state index in [-0.39, 0.29) is 29.5 Å². The van der Waals surface area contributed by atoms with Gasteiger partial charge < -0.3 is 10.1 Å². The first-order valence-corrected chi connectivity index (χ1v) is 10.2. The number of carbonyl (C=O) groups is 3. The number of carbonyl (C=O) groups excluding carboxylic acids is 3. The van der Waals surface area contributed by atoms with E-state index in [4.69, 9.17) is 4.74 Å². The number of hydrogen-bond donors (Lipinski definition) is 1. The van der Waals surface area contributed by atoms with E-state index in [0.717, 1.165) is 22.2 Å². The van der Waals surface area contributed by atoms with Crippen LogP contribution in [-0.4, -0.2) is 41.1 Å². The minimum atomic E-state index is -0.734. The number of imide groups is 1. The van der Waals surface area contributed by atoms with E-state index in [1.54, 1.807) is 25.1 Å². The Hall–Kier alpha value is -3.13. The van der Waals surface area contributed by atoms with Gasteiger partial charge in [0, 0.05) is 18.7 Å². The van der Waals surface area contributed by atoms with Gasteiger partial charge in [0.05, 0.1) is 4.91 Å². The van der Waals surface area contributed by atoms with Crippen LogP contribution in [0.2, 0.25) is 0 Å². The molecule has 1 heterocycles. The third-order valence-corrected chi connectivity index (χ3v) is 5.28. The first kappa shape index (κ1) is 21.6. The molecule has 0 spiro atoms. The van der Waals surface area contributed by atoms with Crippen LogP contribution in [-0.2, 0) is 9.59 Å². The summed E-state index contributed by atoms with van der Waals surface area (Å²) in [5.41, 5.74) is 1.25. The number of nitrogens with zero attached hydrogens (tertiary/aromatic N) is 1. The lowest BCUT2D eigenvalue weighted by molar-refractivity contribution is -0.128. The fourth-order valence-electron chi connectivity index (χ4n) is 2.81. The molecule has 1 N–H and O–H groups in total. The molecule has 1 aliphatic rings. The molecule has 2 aromatic carbocycles. The Labute approximate surface area is 178 Å². The summed E-state index contributed by atoms with van der Waals surface area (Å²) in [6.45, 7) is 3.65. The largest absolute Gasteiger partial charge is 0.481 e. The van der Waals surface area contributed by atoms with Gasteiger partial charge >= 0.3 is 0 Å². The fraction of sp³-hybridized carbons (Fsp3) is 0.227. The van der Waals surface area contributed by atoms with Crippen LogP contribution >= 0.6 is 11.8 Å². The van der Waals surface area contributed by atoms with Crippen molar-refractivity contribution in [3.63, 3.8) is 0 Å². The summed E-state index contributed by atoms with van der Waals surface area (Å²) < 4.78 is 19.4. The van der Waals surface area contributed by atoms with Gasteiger partial charge in [0.15, 0.2) is 6.10 Å². The molecule has 0 aromatic heterocycles. The van der Waals surface area contributed by atoms with Gasteiger partial charge in [-0.1, -0.05) is 30.3 Å². The van der Waals surface area contributed by atoms with Gasteiger partial charge in [-0.25, -0.2) is 4.39 Å². The average Bonchev–Trinajstić information content (AvgIpc) is 2.97. The second kappa shape index (κ2) is 9.58. The summed E-state index contributed by atoms with van der Waals surface area (Å²) in [6, 6.07) is 13.4. The summed E-state index contributed by atoms with van der Waals surface area (Å²) in [7, 11) is 0. The van der Waals surface area contributed by atoms with E-state index in [9.17, 15) is 18.8 Å². The maximum atomic E-state index is 13.8. The topological polar surface area (TPSA) is 75.7 Å². The SMILES string of the molecule is Cc1cccc(O[C@@H](C)C(=O)NCCN2C(=O)S/C(=C\c3ccccc3F)C2=O)c1. The molecule has 3 rings (SSSR count). The lowest BCUT2D eigenvalue weighted by Gasteiger charge is -2.17. The number of thioether (sulfide) groups is 1. The van der Waals surface area contributed by atoms with Crippen LogP contribution < -0.4 is 10.1 Å². The highest BCUT2D eigenvalue weighted by Gasteiger charge is 2.34. The van der Waals surface area contributed by atoms with Crippen LogP contribution in [0.25, 0.3) is 6.08 Å². The van der Waals surface area contributed by atoms with Crippen molar-refractivity contribution in [2.75, 3.05) is 13.1 Å². The summed E-state index contributed by atoms with van der Waals surface area (Å²) >= 11 is 0.748. The number of rotatable bonds is 7. The average molecular weight is 428 g/mol. The molecule has 0 unspecified atom stereocenters. The Balaban J connectivity index is 1.53. The number of benzene rings is 2. The Morgan fingerprint density at radius 1 is 1.23 bits per heavy atom. The van der Waals surface area contributed by atoms with Gasteiger partial charge in [-0.2, -0.15) is 0 Å². The minimum absolute atomic E-state index is 0.0161. The zero-order chi connectivity index (χ0) is 21.7. The number of amides is 3. The van der Waals surface area contributed by atoms with E-state index in [2.05, 4.69) is 5.32 Å².